The van der Waals surface area contributed by atoms with Gasteiger partial charge in [0.05, 0.1) is 11.0 Å². The highest BCUT2D eigenvalue weighted by molar-refractivity contribution is 9.10. The van der Waals surface area contributed by atoms with Crippen LogP contribution in [0.1, 0.15) is 23.0 Å². The standard InChI is InChI=1S/C9H7BrN2O4/c10-6-2-1-4-8(15)11-9(16)5(12(4)6)3-7(13)14/h1-2,5H,3H2,(H,13,14)(H,11,15,16)/t5-/m1/s1. The molecule has 2 rings (SSSR count). The lowest BCUT2D eigenvalue weighted by atomic mass is 10.1. The van der Waals surface area contributed by atoms with Crippen LogP contribution in [0.4, 0.5) is 0 Å². The second-order valence-corrected chi connectivity index (χ2v) is 4.16. The molecule has 2 amide bonds. The van der Waals surface area contributed by atoms with E-state index >= 15 is 0 Å². The number of rotatable bonds is 2. The molecule has 0 aliphatic carbocycles. The van der Waals surface area contributed by atoms with Crippen LogP contribution in [0.15, 0.2) is 16.7 Å². The summed E-state index contributed by atoms with van der Waals surface area (Å²) in [6.45, 7) is 0. The van der Waals surface area contributed by atoms with Crippen molar-refractivity contribution in [3.63, 3.8) is 0 Å². The average molecular weight is 287 g/mol. The third-order valence-corrected chi connectivity index (χ3v) is 2.97. The SMILES string of the molecule is O=C(O)C[C@@H]1C(=O)NC(=O)c2ccc(Br)n21. The molecule has 0 aromatic carbocycles. The predicted octanol–water partition coefficient (Wildman–Crippen LogP) is 0.536. The lowest BCUT2D eigenvalue weighted by molar-refractivity contribution is -0.140. The molecule has 1 aromatic rings. The maximum atomic E-state index is 11.5. The number of imide groups is 1. The zero-order valence-electron chi connectivity index (χ0n) is 7.94. The second-order valence-electron chi connectivity index (χ2n) is 3.34. The van der Waals surface area contributed by atoms with Crippen LogP contribution in [-0.4, -0.2) is 27.5 Å². The molecule has 2 heterocycles. The van der Waals surface area contributed by atoms with Crippen LogP contribution in [0.25, 0.3) is 0 Å². The summed E-state index contributed by atoms with van der Waals surface area (Å²) in [5.41, 5.74) is 0.276. The fraction of sp³-hybridized carbons (Fsp3) is 0.222. The van der Waals surface area contributed by atoms with Crippen LogP contribution in [0.3, 0.4) is 0 Å². The first-order valence-electron chi connectivity index (χ1n) is 4.44. The van der Waals surface area contributed by atoms with E-state index in [1.54, 1.807) is 6.07 Å². The minimum absolute atomic E-state index is 0.276. The van der Waals surface area contributed by atoms with Crippen molar-refractivity contribution in [2.45, 2.75) is 12.5 Å². The van der Waals surface area contributed by atoms with Gasteiger partial charge in [-0.05, 0) is 28.1 Å². The number of aliphatic carboxylic acids is 1. The van der Waals surface area contributed by atoms with Gasteiger partial charge in [0.25, 0.3) is 11.8 Å². The minimum atomic E-state index is -1.10. The first kappa shape index (κ1) is 10.9. The van der Waals surface area contributed by atoms with Gasteiger partial charge in [-0.1, -0.05) is 0 Å². The zero-order chi connectivity index (χ0) is 11.9. The third kappa shape index (κ3) is 1.63. The van der Waals surface area contributed by atoms with Crippen LogP contribution in [-0.2, 0) is 9.59 Å². The van der Waals surface area contributed by atoms with Crippen LogP contribution < -0.4 is 5.32 Å². The van der Waals surface area contributed by atoms with Gasteiger partial charge in [-0.2, -0.15) is 0 Å². The van der Waals surface area contributed by atoms with E-state index in [0.717, 1.165) is 0 Å². The van der Waals surface area contributed by atoms with E-state index in [1.165, 1.54) is 10.6 Å². The van der Waals surface area contributed by atoms with E-state index in [2.05, 4.69) is 21.2 Å². The molecule has 16 heavy (non-hydrogen) atoms. The largest absolute Gasteiger partial charge is 0.481 e. The summed E-state index contributed by atoms with van der Waals surface area (Å²) < 4.78 is 1.90. The van der Waals surface area contributed by atoms with Crippen LogP contribution in [0.2, 0.25) is 0 Å². The number of aromatic nitrogens is 1. The topological polar surface area (TPSA) is 88.4 Å². The van der Waals surface area contributed by atoms with Gasteiger partial charge in [0, 0.05) is 0 Å². The highest BCUT2D eigenvalue weighted by Crippen LogP contribution is 2.26. The molecule has 2 N–H and O–H groups in total. The van der Waals surface area contributed by atoms with E-state index in [1.807, 2.05) is 0 Å². The van der Waals surface area contributed by atoms with Gasteiger partial charge < -0.3 is 9.67 Å². The van der Waals surface area contributed by atoms with Gasteiger partial charge in [0.15, 0.2) is 0 Å². The number of hydrogen-bond donors (Lipinski definition) is 2. The number of carboxylic acids is 1. The van der Waals surface area contributed by atoms with E-state index in [0.29, 0.717) is 4.60 Å². The van der Waals surface area contributed by atoms with Crippen molar-refractivity contribution in [1.29, 1.82) is 0 Å². The highest BCUT2D eigenvalue weighted by Gasteiger charge is 2.34. The van der Waals surface area contributed by atoms with Crippen molar-refractivity contribution in [2.75, 3.05) is 0 Å². The maximum Gasteiger partial charge on any atom is 0.306 e. The van der Waals surface area contributed by atoms with Gasteiger partial charge in [0.1, 0.15) is 11.7 Å². The fourth-order valence-corrected chi connectivity index (χ4v) is 2.22. The Morgan fingerprint density at radius 2 is 2.19 bits per heavy atom. The number of amides is 2. The zero-order valence-corrected chi connectivity index (χ0v) is 9.52. The van der Waals surface area contributed by atoms with Gasteiger partial charge >= 0.3 is 5.97 Å². The van der Waals surface area contributed by atoms with Crippen LogP contribution in [0, 0.1) is 0 Å². The Bertz CT molecular complexity index is 494. The normalized spacial score (nSPS) is 19.2. The summed E-state index contributed by atoms with van der Waals surface area (Å²) in [4.78, 5) is 33.6. The van der Waals surface area contributed by atoms with Crippen molar-refractivity contribution in [3.8, 4) is 0 Å². The van der Waals surface area contributed by atoms with E-state index in [-0.39, 0.29) is 12.1 Å². The molecule has 7 heteroatoms. The van der Waals surface area contributed by atoms with E-state index < -0.39 is 23.8 Å². The van der Waals surface area contributed by atoms with Crippen molar-refractivity contribution in [3.05, 3.63) is 22.4 Å². The molecule has 1 aliphatic rings. The summed E-state index contributed by atoms with van der Waals surface area (Å²) in [7, 11) is 0. The Morgan fingerprint density at radius 1 is 1.50 bits per heavy atom. The van der Waals surface area contributed by atoms with Crippen LogP contribution >= 0.6 is 15.9 Å². The number of halogens is 1. The number of nitrogens with zero attached hydrogens (tertiary/aromatic N) is 1. The number of hydrogen-bond acceptors (Lipinski definition) is 3. The number of carbonyl (C=O) groups excluding carboxylic acids is 2. The Kier molecular flexibility index (Phi) is 2.55. The molecule has 0 unspecified atom stereocenters. The predicted molar refractivity (Wildman–Crippen MR) is 55.9 cm³/mol. The van der Waals surface area contributed by atoms with Crippen molar-refractivity contribution < 1.29 is 19.5 Å². The molecule has 6 nitrogen and oxygen atoms in total. The molecule has 0 saturated heterocycles. The summed E-state index contributed by atoms with van der Waals surface area (Å²) in [5, 5.41) is 10.8. The fourth-order valence-electron chi connectivity index (χ4n) is 1.65. The highest BCUT2D eigenvalue weighted by atomic mass is 79.9. The maximum absolute atomic E-state index is 11.5. The summed E-state index contributed by atoms with van der Waals surface area (Å²) in [5.74, 6) is -2.21. The van der Waals surface area contributed by atoms with Gasteiger partial charge in [-0.25, -0.2) is 0 Å². The monoisotopic (exact) mass is 286 g/mol. The molecule has 0 spiro atoms. The summed E-state index contributed by atoms with van der Waals surface area (Å²) in [6.07, 6.45) is -0.362. The lowest BCUT2D eigenvalue weighted by Crippen LogP contribution is -2.44. The Labute approximate surface area is 98.4 Å². The van der Waals surface area contributed by atoms with Crippen molar-refractivity contribution in [2.24, 2.45) is 0 Å². The number of carboxylic acid groups (broad SMARTS) is 1. The molecule has 1 atom stereocenters. The quantitative estimate of drug-likeness (QED) is 0.777. The van der Waals surface area contributed by atoms with E-state index in [9.17, 15) is 14.4 Å². The molecular formula is C9H7BrN2O4. The van der Waals surface area contributed by atoms with Gasteiger partial charge in [0.2, 0.25) is 0 Å². The van der Waals surface area contributed by atoms with Crippen molar-refractivity contribution >= 4 is 33.7 Å². The van der Waals surface area contributed by atoms with E-state index in [4.69, 9.17) is 5.11 Å². The first-order valence-corrected chi connectivity index (χ1v) is 5.23. The lowest BCUT2D eigenvalue weighted by Gasteiger charge is -2.24. The molecule has 1 aromatic heterocycles. The Hall–Kier alpha value is -1.63. The number of nitrogens with one attached hydrogen (secondary N) is 1. The molecule has 84 valence electrons. The molecule has 0 fully saturated rings. The average Bonchev–Trinajstić information content (AvgIpc) is 2.55. The molecule has 0 saturated carbocycles. The Morgan fingerprint density at radius 3 is 2.81 bits per heavy atom. The molecular weight excluding hydrogens is 280 g/mol. The first-order chi connectivity index (χ1) is 7.50. The van der Waals surface area contributed by atoms with Crippen molar-refractivity contribution in [1.82, 2.24) is 9.88 Å². The Balaban J connectivity index is 2.49. The molecule has 0 radical (unpaired) electrons. The number of fused-ring (bicyclic) bond motifs is 1. The molecule has 0 bridgehead atoms. The van der Waals surface area contributed by atoms with Crippen LogP contribution in [0.5, 0.6) is 0 Å². The second kappa shape index (κ2) is 3.75. The number of carbonyl (C=O) groups is 3. The smallest absolute Gasteiger partial charge is 0.306 e. The summed E-state index contributed by atoms with van der Waals surface area (Å²) in [6, 6.07) is 2.23. The third-order valence-electron chi connectivity index (χ3n) is 2.32. The van der Waals surface area contributed by atoms with Gasteiger partial charge in [-0.15, -0.1) is 0 Å². The van der Waals surface area contributed by atoms with Gasteiger partial charge in [-0.3, -0.25) is 19.7 Å². The molecule has 1 aliphatic heterocycles. The summed E-state index contributed by atoms with van der Waals surface area (Å²) >= 11 is 3.18. The minimum Gasteiger partial charge on any atom is -0.481 e.